The van der Waals surface area contributed by atoms with Crippen molar-refractivity contribution in [3.63, 3.8) is 0 Å². The van der Waals surface area contributed by atoms with Crippen molar-refractivity contribution >= 4 is 46.4 Å². The second-order valence-electron chi connectivity index (χ2n) is 7.01. The van der Waals surface area contributed by atoms with E-state index in [4.69, 9.17) is 16.3 Å². The van der Waals surface area contributed by atoms with Crippen molar-refractivity contribution in [2.45, 2.75) is 0 Å². The van der Waals surface area contributed by atoms with E-state index in [2.05, 4.69) is 5.32 Å². The Hall–Kier alpha value is -4.37. The first kappa shape index (κ1) is 21.8. The third-order valence-electron chi connectivity index (χ3n) is 4.92. The Morgan fingerprint density at radius 2 is 1.55 bits per heavy atom. The second-order valence-corrected chi connectivity index (χ2v) is 7.44. The summed E-state index contributed by atoms with van der Waals surface area (Å²) >= 11 is 5.79. The molecule has 0 spiro atoms. The fourth-order valence-corrected chi connectivity index (χ4v) is 3.59. The predicted molar refractivity (Wildman–Crippen MR) is 117 cm³/mol. The summed E-state index contributed by atoms with van der Waals surface area (Å²) in [7, 11) is 0. The lowest BCUT2D eigenvalue weighted by atomic mass is 9.84. The van der Waals surface area contributed by atoms with Crippen LogP contribution in [0.3, 0.4) is 0 Å². The van der Waals surface area contributed by atoms with Crippen LogP contribution in [0.1, 0.15) is 42.2 Å². The van der Waals surface area contributed by atoms with Crippen LogP contribution in [0.15, 0.2) is 60.7 Å². The predicted octanol–water partition coefficient (Wildman–Crippen LogP) is 3.82. The summed E-state index contributed by atoms with van der Waals surface area (Å²) in [6.07, 6.45) is 0. The Morgan fingerprint density at radius 1 is 0.909 bits per heavy atom. The van der Waals surface area contributed by atoms with Gasteiger partial charge >= 0.3 is 5.97 Å². The van der Waals surface area contributed by atoms with Gasteiger partial charge in [0, 0.05) is 39.0 Å². The Morgan fingerprint density at radius 3 is 2.21 bits per heavy atom. The van der Waals surface area contributed by atoms with Gasteiger partial charge in [-0.1, -0.05) is 35.9 Å². The average Bonchev–Trinajstić information content (AvgIpc) is 2.80. The third-order valence-corrected chi connectivity index (χ3v) is 5.15. The second kappa shape index (κ2) is 8.64. The van der Waals surface area contributed by atoms with E-state index in [9.17, 15) is 29.3 Å². The molecule has 0 aliphatic heterocycles. The van der Waals surface area contributed by atoms with Gasteiger partial charge < -0.3 is 10.1 Å². The number of rotatable bonds is 5. The van der Waals surface area contributed by atoms with Gasteiger partial charge in [0.05, 0.1) is 4.92 Å². The molecule has 0 saturated carbocycles. The number of hydrogen-bond acceptors (Lipinski definition) is 7. The van der Waals surface area contributed by atoms with Crippen LogP contribution in [0, 0.1) is 10.1 Å². The molecule has 0 aromatic heterocycles. The van der Waals surface area contributed by atoms with Gasteiger partial charge in [-0.3, -0.25) is 24.5 Å². The van der Waals surface area contributed by atoms with Gasteiger partial charge in [-0.05, 0) is 30.3 Å². The zero-order valence-electron chi connectivity index (χ0n) is 16.7. The van der Waals surface area contributed by atoms with E-state index in [0.29, 0.717) is 5.56 Å². The molecule has 1 N–H and O–H groups in total. The van der Waals surface area contributed by atoms with Crippen LogP contribution in [0.2, 0.25) is 5.02 Å². The van der Waals surface area contributed by atoms with E-state index >= 15 is 0 Å². The first-order chi connectivity index (χ1) is 15.8. The molecule has 4 rings (SSSR count). The highest BCUT2D eigenvalue weighted by Gasteiger charge is 2.29. The maximum atomic E-state index is 12.8. The van der Waals surface area contributed by atoms with Crippen LogP contribution in [0.4, 0.5) is 11.4 Å². The van der Waals surface area contributed by atoms with E-state index in [1.807, 2.05) is 0 Å². The van der Waals surface area contributed by atoms with E-state index in [0.717, 1.165) is 12.1 Å². The van der Waals surface area contributed by atoms with E-state index < -0.39 is 34.7 Å². The fourth-order valence-electron chi connectivity index (χ4n) is 3.41. The molecule has 3 aromatic rings. The number of ketones is 2. The molecule has 0 bridgehead atoms. The zero-order valence-corrected chi connectivity index (χ0v) is 17.4. The maximum Gasteiger partial charge on any atom is 0.345 e. The summed E-state index contributed by atoms with van der Waals surface area (Å²) in [5.41, 5.74) is 0.257. The molecule has 0 atom stereocenters. The molecule has 33 heavy (non-hydrogen) atoms. The van der Waals surface area contributed by atoms with Crippen LogP contribution in [0.25, 0.3) is 0 Å². The third kappa shape index (κ3) is 4.21. The lowest BCUT2D eigenvalue weighted by Crippen LogP contribution is -2.23. The molecule has 1 aliphatic rings. The molecule has 9 nitrogen and oxygen atoms in total. The van der Waals surface area contributed by atoms with Gasteiger partial charge in [-0.15, -0.1) is 0 Å². The molecule has 0 heterocycles. The number of nitrogens with zero attached hydrogens (tertiary/aromatic N) is 1. The first-order valence-electron chi connectivity index (χ1n) is 9.49. The number of halogens is 1. The summed E-state index contributed by atoms with van der Waals surface area (Å²) in [5.74, 6) is -2.49. The smallest absolute Gasteiger partial charge is 0.345 e. The minimum atomic E-state index is -1.10. The van der Waals surface area contributed by atoms with Crippen LogP contribution in [-0.4, -0.2) is 35.0 Å². The number of fused-ring (bicyclic) bond motifs is 2. The largest absolute Gasteiger partial charge is 0.452 e. The number of ether oxygens (including phenoxy) is 1. The van der Waals surface area contributed by atoms with Crippen LogP contribution < -0.4 is 5.32 Å². The molecule has 10 heteroatoms. The molecule has 0 radical (unpaired) electrons. The Balaban J connectivity index is 1.47. The SMILES string of the molecule is O=C(COC(=O)c1cc(Cl)ccc1[N+](=O)[O-])Nc1ccc2c(c1)C(=O)c1ccccc1C2=O. The molecule has 0 unspecified atom stereocenters. The number of amides is 1. The number of benzene rings is 3. The molecule has 3 aromatic carbocycles. The number of hydrogen-bond donors (Lipinski definition) is 1. The lowest BCUT2D eigenvalue weighted by molar-refractivity contribution is -0.385. The fraction of sp³-hybridized carbons (Fsp3) is 0.0435. The summed E-state index contributed by atoms with van der Waals surface area (Å²) < 4.78 is 4.87. The molecule has 1 aliphatic carbocycles. The number of nitro groups is 1. The van der Waals surface area contributed by atoms with Gasteiger partial charge in [0.2, 0.25) is 0 Å². The monoisotopic (exact) mass is 464 g/mol. The quantitative estimate of drug-likeness (QED) is 0.269. The van der Waals surface area contributed by atoms with Crippen molar-refractivity contribution < 1.29 is 28.8 Å². The highest BCUT2D eigenvalue weighted by atomic mass is 35.5. The van der Waals surface area contributed by atoms with Crippen molar-refractivity contribution in [1.82, 2.24) is 0 Å². The summed E-state index contributed by atoms with van der Waals surface area (Å²) in [4.78, 5) is 60.2. The first-order valence-corrected chi connectivity index (χ1v) is 9.87. The standard InChI is InChI=1S/C23H13ClN2O7/c24-12-5-8-19(26(31)32)18(9-12)23(30)33-11-20(27)25-13-6-7-16-17(10-13)22(29)15-4-2-1-3-14(15)21(16)28/h1-10H,11H2,(H,25,27). The van der Waals surface area contributed by atoms with Gasteiger partial charge in [-0.25, -0.2) is 4.79 Å². The number of carbonyl (C=O) groups is 4. The molecule has 164 valence electrons. The van der Waals surface area contributed by atoms with E-state index in [1.54, 1.807) is 24.3 Å². The topological polar surface area (TPSA) is 133 Å². The van der Waals surface area contributed by atoms with Gasteiger partial charge in [-0.2, -0.15) is 0 Å². The van der Waals surface area contributed by atoms with Crippen molar-refractivity contribution in [2.24, 2.45) is 0 Å². The number of anilines is 1. The van der Waals surface area contributed by atoms with Crippen molar-refractivity contribution in [3.8, 4) is 0 Å². The number of nitrogens with one attached hydrogen (secondary N) is 1. The van der Waals surface area contributed by atoms with Crippen LogP contribution >= 0.6 is 11.6 Å². The molecule has 0 fully saturated rings. The summed E-state index contributed by atoms with van der Waals surface area (Å²) in [6.45, 7) is -0.741. The van der Waals surface area contributed by atoms with Gasteiger partial charge in [0.15, 0.2) is 18.2 Å². The highest BCUT2D eigenvalue weighted by Crippen LogP contribution is 2.29. The number of esters is 1. The normalized spacial score (nSPS) is 11.9. The number of carbonyl (C=O) groups excluding carboxylic acids is 4. The van der Waals surface area contributed by atoms with E-state index in [-0.39, 0.29) is 39.0 Å². The van der Waals surface area contributed by atoms with Crippen LogP contribution in [0.5, 0.6) is 0 Å². The zero-order chi connectivity index (χ0) is 23.7. The van der Waals surface area contributed by atoms with Crippen LogP contribution in [-0.2, 0) is 9.53 Å². The van der Waals surface area contributed by atoms with Crippen molar-refractivity contribution in [1.29, 1.82) is 0 Å². The lowest BCUT2D eigenvalue weighted by Gasteiger charge is -2.18. The average molecular weight is 465 g/mol. The maximum absolute atomic E-state index is 12.8. The molecule has 0 saturated heterocycles. The Bertz CT molecular complexity index is 1370. The Labute approximate surface area is 191 Å². The Kier molecular flexibility index (Phi) is 5.72. The minimum absolute atomic E-state index is 0.0897. The minimum Gasteiger partial charge on any atom is -0.452 e. The van der Waals surface area contributed by atoms with Crippen molar-refractivity contribution in [2.75, 3.05) is 11.9 Å². The molecular weight excluding hydrogens is 452 g/mol. The summed E-state index contributed by atoms with van der Waals surface area (Å²) in [5, 5.41) is 13.6. The summed E-state index contributed by atoms with van der Waals surface area (Å²) in [6, 6.07) is 14.1. The molecule has 1 amide bonds. The van der Waals surface area contributed by atoms with E-state index in [1.165, 1.54) is 24.3 Å². The van der Waals surface area contributed by atoms with Gasteiger partial charge in [0.25, 0.3) is 11.6 Å². The van der Waals surface area contributed by atoms with Crippen molar-refractivity contribution in [3.05, 3.63) is 104 Å². The highest BCUT2D eigenvalue weighted by molar-refractivity contribution is 6.31. The number of nitro benzene ring substituents is 1. The van der Waals surface area contributed by atoms with Gasteiger partial charge in [0.1, 0.15) is 5.56 Å². The molecular formula is C23H13ClN2O7.